The Morgan fingerprint density at radius 2 is 1.91 bits per heavy atom. The van der Waals surface area contributed by atoms with E-state index in [-0.39, 0.29) is 17.8 Å². The normalized spacial score (nSPS) is 14.1. The SMILES string of the molecule is CCCCCCN(CCCOC(C)=O)C(=O)CCCOc1ccc2c(c1)CN1CC(=O)NC1=N2. The number of ether oxygens (including phenoxy) is 2. The summed E-state index contributed by atoms with van der Waals surface area (Å²) < 4.78 is 10.9. The summed E-state index contributed by atoms with van der Waals surface area (Å²) in [5, 5.41) is 2.76. The van der Waals surface area contributed by atoms with Crippen molar-refractivity contribution in [3.05, 3.63) is 23.8 Å². The Balaban J connectivity index is 1.42. The minimum atomic E-state index is -0.294. The second kappa shape index (κ2) is 13.0. The van der Waals surface area contributed by atoms with Crippen LogP contribution < -0.4 is 10.1 Å². The zero-order valence-corrected chi connectivity index (χ0v) is 20.3. The summed E-state index contributed by atoms with van der Waals surface area (Å²) in [5.41, 5.74) is 1.85. The molecule has 0 unspecified atom stereocenters. The molecule has 0 saturated carbocycles. The number of carbonyl (C=O) groups is 3. The average Bonchev–Trinajstić information content (AvgIpc) is 3.17. The Hall–Kier alpha value is -3.10. The summed E-state index contributed by atoms with van der Waals surface area (Å²) in [7, 11) is 0. The van der Waals surface area contributed by atoms with Gasteiger partial charge >= 0.3 is 5.97 Å². The zero-order valence-electron chi connectivity index (χ0n) is 20.3. The number of benzene rings is 1. The van der Waals surface area contributed by atoms with Crippen LogP contribution in [0.3, 0.4) is 0 Å². The molecule has 9 heteroatoms. The molecule has 0 atom stereocenters. The molecule has 9 nitrogen and oxygen atoms in total. The van der Waals surface area contributed by atoms with E-state index in [0.29, 0.717) is 58.1 Å². The van der Waals surface area contributed by atoms with Gasteiger partial charge in [0.15, 0.2) is 0 Å². The van der Waals surface area contributed by atoms with E-state index >= 15 is 0 Å². The molecule has 34 heavy (non-hydrogen) atoms. The predicted octanol–water partition coefficient (Wildman–Crippen LogP) is 3.14. The lowest BCUT2D eigenvalue weighted by molar-refractivity contribution is -0.141. The summed E-state index contributed by atoms with van der Waals surface area (Å²) in [5.74, 6) is 1.12. The van der Waals surface area contributed by atoms with Crippen LogP contribution in [-0.2, 0) is 25.7 Å². The van der Waals surface area contributed by atoms with Crippen LogP contribution in [-0.4, -0.2) is 66.4 Å². The molecule has 0 aromatic heterocycles. The van der Waals surface area contributed by atoms with Crippen molar-refractivity contribution in [3.8, 4) is 5.75 Å². The summed E-state index contributed by atoms with van der Waals surface area (Å²) >= 11 is 0. The molecule has 1 aromatic rings. The van der Waals surface area contributed by atoms with E-state index in [1.165, 1.54) is 13.3 Å². The number of nitrogens with zero attached hydrogens (tertiary/aromatic N) is 3. The molecule has 1 aromatic carbocycles. The smallest absolute Gasteiger partial charge is 0.302 e. The highest BCUT2D eigenvalue weighted by atomic mass is 16.5. The number of amides is 2. The average molecular weight is 473 g/mol. The van der Waals surface area contributed by atoms with E-state index in [2.05, 4.69) is 17.2 Å². The van der Waals surface area contributed by atoms with Crippen molar-refractivity contribution in [3.63, 3.8) is 0 Å². The van der Waals surface area contributed by atoms with Gasteiger partial charge in [-0.3, -0.25) is 19.7 Å². The number of fused-ring (bicyclic) bond motifs is 2. The first-order chi connectivity index (χ1) is 16.5. The molecule has 186 valence electrons. The van der Waals surface area contributed by atoms with Gasteiger partial charge in [0.25, 0.3) is 0 Å². The number of hydrogen-bond acceptors (Lipinski definition) is 7. The van der Waals surface area contributed by atoms with E-state index in [0.717, 1.165) is 42.8 Å². The second-order valence-electron chi connectivity index (χ2n) is 8.72. The molecule has 1 N–H and O–H groups in total. The Labute approximate surface area is 201 Å². The molecule has 2 amide bonds. The van der Waals surface area contributed by atoms with Gasteiger partial charge in [0, 0.05) is 38.5 Å². The molecule has 0 radical (unpaired) electrons. The van der Waals surface area contributed by atoms with Gasteiger partial charge in [-0.15, -0.1) is 0 Å². The summed E-state index contributed by atoms with van der Waals surface area (Å²) in [6.07, 6.45) is 6.11. The van der Waals surface area contributed by atoms with E-state index in [1.54, 1.807) is 0 Å². The van der Waals surface area contributed by atoms with E-state index < -0.39 is 0 Å². The van der Waals surface area contributed by atoms with Crippen molar-refractivity contribution in [2.24, 2.45) is 4.99 Å². The van der Waals surface area contributed by atoms with Gasteiger partial charge in [0.2, 0.25) is 17.8 Å². The van der Waals surface area contributed by atoms with Crippen molar-refractivity contribution >= 4 is 29.4 Å². The number of esters is 1. The Morgan fingerprint density at radius 3 is 2.71 bits per heavy atom. The van der Waals surface area contributed by atoms with Gasteiger partial charge in [-0.25, -0.2) is 4.99 Å². The molecule has 2 heterocycles. The third-order valence-electron chi connectivity index (χ3n) is 5.84. The van der Waals surface area contributed by atoms with Crippen LogP contribution >= 0.6 is 0 Å². The Bertz CT molecular complexity index is 901. The van der Waals surface area contributed by atoms with Gasteiger partial charge in [0.1, 0.15) is 12.3 Å². The molecular formula is C25H36N4O5. The summed E-state index contributed by atoms with van der Waals surface area (Å²) in [6.45, 7) is 6.61. The quantitative estimate of drug-likeness (QED) is 0.330. The van der Waals surface area contributed by atoms with Crippen LogP contribution in [0, 0.1) is 0 Å². The van der Waals surface area contributed by atoms with Crippen molar-refractivity contribution in [1.29, 1.82) is 0 Å². The minimum Gasteiger partial charge on any atom is -0.494 e. The summed E-state index contributed by atoms with van der Waals surface area (Å²) in [4.78, 5) is 43.6. The fourth-order valence-corrected chi connectivity index (χ4v) is 4.06. The third kappa shape index (κ3) is 7.74. The lowest BCUT2D eigenvalue weighted by Gasteiger charge is -2.23. The van der Waals surface area contributed by atoms with Crippen LogP contribution in [0.4, 0.5) is 5.69 Å². The van der Waals surface area contributed by atoms with Crippen molar-refractivity contribution < 1.29 is 23.9 Å². The molecule has 1 fully saturated rings. The first kappa shape index (κ1) is 25.5. The first-order valence-electron chi connectivity index (χ1n) is 12.3. The lowest BCUT2D eigenvalue weighted by atomic mass is 10.1. The number of unbranched alkanes of at least 4 members (excludes halogenated alkanes) is 3. The monoisotopic (exact) mass is 472 g/mol. The lowest BCUT2D eigenvalue weighted by Crippen LogP contribution is -2.33. The van der Waals surface area contributed by atoms with Gasteiger partial charge in [-0.2, -0.15) is 0 Å². The number of guanidine groups is 1. The van der Waals surface area contributed by atoms with Gasteiger partial charge in [0.05, 0.1) is 18.9 Å². The second-order valence-corrected chi connectivity index (χ2v) is 8.72. The van der Waals surface area contributed by atoms with Crippen LogP contribution in [0.15, 0.2) is 23.2 Å². The molecule has 2 aliphatic rings. The van der Waals surface area contributed by atoms with Gasteiger partial charge in [-0.1, -0.05) is 26.2 Å². The molecule has 0 aliphatic carbocycles. The number of nitrogens with one attached hydrogen (secondary N) is 1. The molecule has 3 rings (SSSR count). The fraction of sp³-hybridized carbons (Fsp3) is 0.600. The number of carbonyl (C=O) groups excluding carboxylic acids is 3. The first-order valence-corrected chi connectivity index (χ1v) is 12.3. The van der Waals surface area contributed by atoms with Crippen LogP contribution in [0.25, 0.3) is 0 Å². The molecule has 0 spiro atoms. The number of rotatable bonds is 14. The van der Waals surface area contributed by atoms with Crippen molar-refractivity contribution in [2.45, 2.75) is 65.3 Å². The van der Waals surface area contributed by atoms with Crippen molar-refractivity contribution in [1.82, 2.24) is 15.1 Å². The van der Waals surface area contributed by atoms with Gasteiger partial charge < -0.3 is 19.3 Å². The topological polar surface area (TPSA) is 101 Å². The van der Waals surface area contributed by atoms with Gasteiger partial charge in [-0.05, 0) is 37.5 Å². The van der Waals surface area contributed by atoms with Crippen LogP contribution in [0.1, 0.15) is 64.4 Å². The molecular weight excluding hydrogens is 436 g/mol. The standard InChI is InChI=1S/C25H36N4O5/c1-3-4-5-6-12-28(13-8-15-33-19(2)30)24(32)9-7-14-34-21-10-11-22-20(16-21)17-29-18-23(31)27-25(29)26-22/h10-11,16H,3-9,12-15,17-18H2,1-2H3,(H,26,27,31). The van der Waals surface area contributed by atoms with Crippen LogP contribution in [0.2, 0.25) is 0 Å². The van der Waals surface area contributed by atoms with E-state index in [1.807, 2.05) is 28.0 Å². The fourth-order valence-electron chi connectivity index (χ4n) is 4.06. The van der Waals surface area contributed by atoms with E-state index in [9.17, 15) is 14.4 Å². The zero-order chi connectivity index (χ0) is 24.3. The Kier molecular flexibility index (Phi) is 9.73. The molecule has 2 aliphatic heterocycles. The minimum absolute atomic E-state index is 0.0431. The maximum absolute atomic E-state index is 12.8. The highest BCUT2D eigenvalue weighted by Gasteiger charge is 2.29. The largest absolute Gasteiger partial charge is 0.494 e. The third-order valence-corrected chi connectivity index (χ3v) is 5.84. The van der Waals surface area contributed by atoms with Crippen molar-refractivity contribution in [2.75, 3.05) is 32.8 Å². The summed E-state index contributed by atoms with van der Waals surface area (Å²) in [6, 6.07) is 5.72. The maximum atomic E-state index is 12.8. The van der Waals surface area contributed by atoms with E-state index in [4.69, 9.17) is 9.47 Å². The predicted molar refractivity (Wildman–Crippen MR) is 129 cm³/mol. The highest BCUT2D eigenvalue weighted by molar-refractivity contribution is 6.05. The number of aliphatic imine (C=N–C) groups is 1. The molecule has 1 saturated heterocycles. The maximum Gasteiger partial charge on any atom is 0.302 e. The van der Waals surface area contributed by atoms with Crippen LogP contribution in [0.5, 0.6) is 5.75 Å². The highest BCUT2D eigenvalue weighted by Crippen LogP contribution is 2.30. The Morgan fingerprint density at radius 1 is 1.09 bits per heavy atom. The molecule has 0 bridgehead atoms. The number of hydrogen-bond donors (Lipinski definition) is 1.